The third-order valence-corrected chi connectivity index (χ3v) is 4.59. The fourth-order valence-corrected chi connectivity index (χ4v) is 3.25. The Morgan fingerprint density at radius 1 is 1.23 bits per heavy atom. The Kier molecular flexibility index (Phi) is 7.48. The van der Waals surface area contributed by atoms with E-state index in [1.165, 1.54) is 11.8 Å². The lowest BCUT2D eigenvalue weighted by atomic mass is 10.0. The average Bonchev–Trinajstić information content (AvgIpc) is 2.60. The van der Waals surface area contributed by atoms with E-state index >= 15 is 0 Å². The van der Waals surface area contributed by atoms with Crippen LogP contribution in [0.5, 0.6) is 0 Å². The first-order chi connectivity index (χ1) is 12.4. The van der Waals surface area contributed by atoms with Gasteiger partial charge in [0.1, 0.15) is 5.03 Å². The number of nitrogens with zero attached hydrogens (tertiary/aromatic N) is 1. The molecule has 0 aliphatic rings. The van der Waals surface area contributed by atoms with Crippen LogP contribution in [0.15, 0.2) is 47.6 Å². The van der Waals surface area contributed by atoms with Gasteiger partial charge >= 0.3 is 5.97 Å². The van der Waals surface area contributed by atoms with Crippen LogP contribution in [0.3, 0.4) is 0 Å². The summed E-state index contributed by atoms with van der Waals surface area (Å²) < 4.78 is 5.22. The summed E-state index contributed by atoms with van der Waals surface area (Å²) in [5.41, 5.74) is 1.12. The van der Waals surface area contributed by atoms with Crippen molar-refractivity contribution in [1.29, 1.82) is 0 Å². The van der Waals surface area contributed by atoms with Crippen LogP contribution in [0.2, 0.25) is 5.02 Å². The smallest absolute Gasteiger partial charge is 0.308 e. The Bertz CT molecular complexity index is 783. The first kappa shape index (κ1) is 20.3. The van der Waals surface area contributed by atoms with Crippen molar-refractivity contribution in [2.75, 3.05) is 6.26 Å². The van der Waals surface area contributed by atoms with Gasteiger partial charge in [-0.25, -0.2) is 4.98 Å². The molecule has 0 radical (unpaired) electrons. The average molecular weight is 393 g/mol. The van der Waals surface area contributed by atoms with Crippen LogP contribution in [0.1, 0.15) is 42.2 Å². The third kappa shape index (κ3) is 5.47. The standard InChI is InChI=1S/C19H21ClN2O3S/c1-12(2)25-17(23)11-16(13-7-4-5-9-15(13)20)22-18(24)14-8-6-10-21-19(14)26-3/h4-10,12,16H,11H2,1-3H3,(H,22,24). The van der Waals surface area contributed by atoms with Gasteiger partial charge in [-0.1, -0.05) is 29.8 Å². The molecule has 1 atom stereocenters. The first-order valence-electron chi connectivity index (χ1n) is 8.16. The molecule has 0 spiro atoms. The molecule has 0 fully saturated rings. The lowest BCUT2D eigenvalue weighted by Gasteiger charge is -2.21. The number of carbonyl (C=O) groups is 2. The normalized spacial score (nSPS) is 11.9. The van der Waals surface area contributed by atoms with Crippen molar-refractivity contribution in [1.82, 2.24) is 10.3 Å². The molecule has 0 aliphatic carbocycles. The molecule has 1 aromatic carbocycles. The fourth-order valence-electron chi connectivity index (χ4n) is 2.44. The van der Waals surface area contributed by atoms with Crippen molar-refractivity contribution in [3.05, 3.63) is 58.7 Å². The summed E-state index contributed by atoms with van der Waals surface area (Å²) in [6.07, 6.45) is 3.24. The highest BCUT2D eigenvalue weighted by Crippen LogP contribution is 2.27. The van der Waals surface area contributed by atoms with Gasteiger partial charge in [0, 0.05) is 11.2 Å². The van der Waals surface area contributed by atoms with Gasteiger partial charge < -0.3 is 10.1 Å². The largest absolute Gasteiger partial charge is 0.463 e. The molecule has 0 saturated carbocycles. The maximum absolute atomic E-state index is 12.8. The van der Waals surface area contributed by atoms with Crippen LogP contribution in [-0.2, 0) is 9.53 Å². The van der Waals surface area contributed by atoms with Crippen LogP contribution in [0.4, 0.5) is 0 Å². The molecule has 1 heterocycles. The number of ether oxygens (including phenoxy) is 1. The molecule has 1 N–H and O–H groups in total. The van der Waals surface area contributed by atoms with Crippen molar-refractivity contribution in [3.8, 4) is 0 Å². The summed E-state index contributed by atoms with van der Waals surface area (Å²) in [5, 5.41) is 3.99. The van der Waals surface area contributed by atoms with Crippen LogP contribution in [0, 0.1) is 0 Å². The van der Waals surface area contributed by atoms with E-state index in [1.54, 1.807) is 50.4 Å². The summed E-state index contributed by atoms with van der Waals surface area (Å²) in [7, 11) is 0. The van der Waals surface area contributed by atoms with Crippen molar-refractivity contribution in [3.63, 3.8) is 0 Å². The second-order valence-corrected chi connectivity index (χ2v) is 7.05. The Balaban J connectivity index is 2.27. The van der Waals surface area contributed by atoms with Crippen molar-refractivity contribution < 1.29 is 14.3 Å². The predicted molar refractivity (Wildman–Crippen MR) is 104 cm³/mol. The van der Waals surface area contributed by atoms with Gasteiger partial charge in [0.05, 0.1) is 24.1 Å². The number of pyridine rings is 1. The summed E-state index contributed by atoms with van der Waals surface area (Å²) in [6, 6.07) is 9.92. The molecule has 1 unspecified atom stereocenters. The Hall–Kier alpha value is -2.05. The van der Waals surface area contributed by atoms with E-state index in [0.29, 0.717) is 21.2 Å². The van der Waals surface area contributed by atoms with E-state index in [4.69, 9.17) is 16.3 Å². The number of esters is 1. The monoisotopic (exact) mass is 392 g/mol. The maximum Gasteiger partial charge on any atom is 0.308 e. The molecule has 26 heavy (non-hydrogen) atoms. The zero-order chi connectivity index (χ0) is 19.1. The van der Waals surface area contributed by atoms with Gasteiger partial charge in [0.25, 0.3) is 5.91 Å². The molecular formula is C19H21ClN2O3S. The van der Waals surface area contributed by atoms with Crippen LogP contribution in [0.25, 0.3) is 0 Å². The van der Waals surface area contributed by atoms with Gasteiger partial charge in [0.15, 0.2) is 0 Å². The number of hydrogen-bond acceptors (Lipinski definition) is 5. The van der Waals surface area contributed by atoms with E-state index in [2.05, 4.69) is 10.3 Å². The Labute approximate surface area is 162 Å². The topological polar surface area (TPSA) is 68.3 Å². The minimum Gasteiger partial charge on any atom is -0.463 e. The number of rotatable bonds is 7. The molecule has 1 aromatic heterocycles. The van der Waals surface area contributed by atoms with Crippen LogP contribution < -0.4 is 5.32 Å². The van der Waals surface area contributed by atoms with Crippen molar-refractivity contribution in [2.24, 2.45) is 0 Å². The van der Waals surface area contributed by atoms with Gasteiger partial charge in [-0.3, -0.25) is 9.59 Å². The van der Waals surface area contributed by atoms with Crippen molar-refractivity contribution in [2.45, 2.75) is 37.4 Å². The first-order valence-corrected chi connectivity index (χ1v) is 9.76. The molecule has 2 aromatic rings. The van der Waals surface area contributed by atoms with Gasteiger partial charge in [0.2, 0.25) is 0 Å². The molecule has 1 amide bonds. The number of benzene rings is 1. The van der Waals surface area contributed by atoms with E-state index in [0.717, 1.165) is 0 Å². The van der Waals surface area contributed by atoms with Gasteiger partial charge in [-0.15, -0.1) is 11.8 Å². The van der Waals surface area contributed by atoms with E-state index < -0.39 is 12.0 Å². The van der Waals surface area contributed by atoms with E-state index in [9.17, 15) is 9.59 Å². The maximum atomic E-state index is 12.8. The summed E-state index contributed by atoms with van der Waals surface area (Å²) in [6.45, 7) is 3.56. The second-order valence-electron chi connectivity index (χ2n) is 5.85. The van der Waals surface area contributed by atoms with Crippen LogP contribution >= 0.6 is 23.4 Å². The van der Waals surface area contributed by atoms with Crippen LogP contribution in [-0.4, -0.2) is 29.2 Å². The highest BCUT2D eigenvalue weighted by atomic mass is 35.5. The highest BCUT2D eigenvalue weighted by Gasteiger charge is 2.23. The number of nitrogens with one attached hydrogen (secondary N) is 1. The minimum absolute atomic E-state index is 0.0114. The van der Waals surface area contributed by atoms with Gasteiger partial charge in [-0.2, -0.15) is 0 Å². The molecular weight excluding hydrogens is 372 g/mol. The molecule has 138 valence electrons. The lowest BCUT2D eigenvalue weighted by molar-refractivity contribution is -0.147. The predicted octanol–water partition coefficient (Wildman–Crippen LogP) is 4.27. The van der Waals surface area contributed by atoms with Crippen molar-refractivity contribution >= 4 is 35.2 Å². The molecule has 7 heteroatoms. The minimum atomic E-state index is -0.600. The molecule has 0 bridgehead atoms. The number of carbonyl (C=O) groups excluding carboxylic acids is 2. The second kappa shape index (κ2) is 9.59. The SMILES string of the molecule is CSc1ncccc1C(=O)NC(CC(=O)OC(C)C)c1ccccc1Cl. The summed E-state index contributed by atoms with van der Waals surface area (Å²) >= 11 is 7.66. The van der Waals surface area contributed by atoms with E-state index in [1.807, 2.05) is 12.3 Å². The lowest BCUT2D eigenvalue weighted by Crippen LogP contribution is -2.31. The molecule has 0 aliphatic heterocycles. The number of thioether (sulfide) groups is 1. The number of aromatic nitrogens is 1. The molecule has 2 rings (SSSR count). The quantitative estimate of drug-likeness (QED) is 0.563. The Morgan fingerprint density at radius 3 is 2.62 bits per heavy atom. The van der Waals surface area contributed by atoms with E-state index in [-0.39, 0.29) is 18.4 Å². The number of hydrogen-bond donors (Lipinski definition) is 1. The fraction of sp³-hybridized carbons (Fsp3) is 0.316. The zero-order valence-electron chi connectivity index (χ0n) is 14.9. The Morgan fingerprint density at radius 2 is 1.96 bits per heavy atom. The summed E-state index contributed by atoms with van der Waals surface area (Å²) in [4.78, 5) is 29.1. The molecule has 5 nitrogen and oxygen atoms in total. The highest BCUT2D eigenvalue weighted by molar-refractivity contribution is 7.98. The zero-order valence-corrected chi connectivity index (χ0v) is 16.4. The summed E-state index contributed by atoms with van der Waals surface area (Å²) in [5.74, 6) is -0.716. The number of halogens is 1. The van der Waals surface area contributed by atoms with Gasteiger partial charge in [-0.05, 0) is 43.9 Å². The molecule has 0 saturated heterocycles. The number of amides is 1. The third-order valence-electron chi connectivity index (χ3n) is 3.53.